The highest BCUT2D eigenvalue weighted by molar-refractivity contribution is 5.92. The maximum absolute atomic E-state index is 13.6. The summed E-state index contributed by atoms with van der Waals surface area (Å²) >= 11 is 0. The number of nitrogens with one attached hydrogen (secondary N) is 5. The molecule has 4 rings (SSSR count). The first-order chi connectivity index (χ1) is 20.4. The molecule has 10 heteroatoms. The molecule has 0 bridgehead atoms. The molecule has 5 N–H and O–H groups in total. The number of carbonyl (C=O) groups excluding carboxylic acids is 3. The van der Waals surface area contributed by atoms with Gasteiger partial charge in [0, 0.05) is 47.2 Å². The fraction of sp³-hybridized carbons (Fsp3) is 0.424. The number of H-pyrrole nitrogens is 2. The SMILES string of the molecule is COc1ccc2[nH]cc(CCNC(=O)[C@H](Cc3c[nH]c4ccccc34)NC(=O)[C@H](CC(C)C)NC(=O)OC(C)(C)C)c2c1. The van der Waals surface area contributed by atoms with Gasteiger partial charge < -0.3 is 35.4 Å². The average molecular weight is 590 g/mol. The standard InChI is InChI=1S/C33H43N5O5/c1-20(2)15-28(38-32(41)43-33(3,4)5)31(40)37-29(16-22-19-36-26-10-8-7-9-24(22)26)30(39)34-14-13-21-18-35-27-12-11-23(42-6)17-25(21)27/h7-12,17-20,28-29,35-36H,13-16H2,1-6H3,(H,34,39)(H,37,40)(H,38,41)/t28-,29-/m0/s1. The largest absolute Gasteiger partial charge is 0.497 e. The number of benzene rings is 2. The molecule has 0 fully saturated rings. The van der Waals surface area contributed by atoms with Crippen LogP contribution in [0.1, 0.15) is 52.2 Å². The second kappa shape index (κ2) is 13.7. The molecule has 2 aromatic carbocycles. The number of methoxy groups -OCH3 is 1. The quantitative estimate of drug-likeness (QED) is 0.159. The number of amides is 3. The fourth-order valence-corrected chi connectivity index (χ4v) is 5.09. The molecule has 43 heavy (non-hydrogen) atoms. The number of aromatic amines is 2. The van der Waals surface area contributed by atoms with Gasteiger partial charge in [-0.3, -0.25) is 9.59 Å². The number of fused-ring (bicyclic) bond motifs is 2. The molecular weight excluding hydrogens is 546 g/mol. The average Bonchev–Trinajstić information content (AvgIpc) is 3.54. The van der Waals surface area contributed by atoms with Crippen LogP contribution in [0.4, 0.5) is 4.79 Å². The Morgan fingerprint density at radius 1 is 0.860 bits per heavy atom. The summed E-state index contributed by atoms with van der Waals surface area (Å²) in [5.74, 6) is 0.121. The Labute approximate surface area is 252 Å². The lowest BCUT2D eigenvalue weighted by molar-refractivity contribution is -0.130. The zero-order valence-corrected chi connectivity index (χ0v) is 25.8. The molecular formula is C33H43N5O5. The van der Waals surface area contributed by atoms with Gasteiger partial charge in [0.1, 0.15) is 23.4 Å². The minimum absolute atomic E-state index is 0.112. The van der Waals surface area contributed by atoms with E-state index in [9.17, 15) is 14.4 Å². The van der Waals surface area contributed by atoms with Gasteiger partial charge in [-0.15, -0.1) is 0 Å². The Hall–Kier alpha value is -4.47. The lowest BCUT2D eigenvalue weighted by Crippen LogP contribution is -2.55. The summed E-state index contributed by atoms with van der Waals surface area (Å²) in [6, 6.07) is 11.9. The molecule has 2 heterocycles. The summed E-state index contributed by atoms with van der Waals surface area (Å²) in [5.41, 5.74) is 3.17. The van der Waals surface area contributed by atoms with Gasteiger partial charge in [-0.2, -0.15) is 0 Å². The van der Waals surface area contributed by atoms with Crippen LogP contribution in [-0.2, 0) is 27.2 Å². The van der Waals surface area contributed by atoms with Crippen molar-refractivity contribution in [3.05, 3.63) is 66.0 Å². The highest BCUT2D eigenvalue weighted by Gasteiger charge is 2.29. The first-order valence-electron chi connectivity index (χ1n) is 14.7. The van der Waals surface area contributed by atoms with E-state index in [1.54, 1.807) is 27.9 Å². The molecule has 0 unspecified atom stereocenters. The number of para-hydroxylation sites is 1. The van der Waals surface area contributed by atoms with Crippen LogP contribution in [-0.4, -0.2) is 59.2 Å². The van der Waals surface area contributed by atoms with Crippen LogP contribution >= 0.6 is 0 Å². The smallest absolute Gasteiger partial charge is 0.408 e. The van der Waals surface area contributed by atoms with Gasteiger partial charge in [0.05, 0.1) is 7.11 Å². The number of aromatic nitrogens is 2. The van der Waals surface area contributed by atoms with Crippen LogP contribution < -0.4 is 20.7 Å². The predicted octanol–water partition coefficient (Wildman–Crippen LogP) is 4.98. The Kier molecular flexibility index (Phi) is 10.0. The van der Waals surface area contributed by atoms with Crippen molar-refractivity contribution in [1.29, 1.82) is 0 Å². The highest BCUT2D eigenvalue weighted by Crippen LogP contribution is 2.24. The van der Waals surface area contributed by atoms with Crippen molar-refractivity contribution in [3.8, 4) is 5.75 Å². The summed E-state index contributed by atoms with van der Waals surface area (Å²) in [4.78, 5) is 46.2. The van der Waals surface area contributed by atoms with Gasteiger partial charge in [-0.05, 0) is 74.9 Å². The van der Waals surface area contributed by atoms with Crippen molar-refractivity contribution in [2.45, 2.75) is 71.6 Å². The topological polar surface area (TPSA) is 137 Å². The van der Waals surface area contributed by atoms with Crippen molar-refractivity contribution in [2.24, 2.45) is 5.92 Å². The Balaban J connectivity index is 1.50. The van der Waals surface area contributed by atoms with E-state index in [0.29, 0.717) is 19.4 Å². The normalized spacial score (nSPS) is 13.1. The molecule has 0 spiro atoms. The van der Waals surface area contributed by atoms with Gasteiger partial charge in [-0.25, -0.2) is 4.79 Å². The Morgan fingerprint density at radius 2 is 1.56 bits per heavy atom. The number of alkyl carbamates (subject to hydrolysis) is 1. The summed E-state index contributed by atoms with van der Waals surface area (Å²) in [6.45, 7) is 9.59. The molecule has 0 aliphatic rings. The second-order valence-corrected chi connectivity index (χ2v) is 12.2. The van der Waals surface area contributed by atoms with Crippen LogP contribution in [0.15, 0.2) is 54.9 Å². The van der Waals surface area contributed by atoms with E-state index in [2.05, 4.69) is 25.9 Å². The molecule has 0 saturated carbocycles. The number of carbonyl (C=O) groups is 3. The van der Waals surface area contributed by atoms with E-state index < -0.39 is 29.7 Å². The first-order valence-corrected chi connectivity index (χ1v) is 14.7. The Morgan fingerprint density at radius 3 is 2.26 bits per heavy atom. The number of ether oxygens (including phenoxy) is 2. The van der Waals surface area contributed by atoms with Crippen LogP contribution in [0.25, 0.3) is 21.8 Å². The van der Waals surface area contributed by atoms with Gasteiger partial charge in [-0.1, -0.05) is 32.0 Å². The van der Waals surface area contributed by atoms with Crippen LogP contribution in [0.2, 0.25) is 0 Å². The van der Waals surface area contributed by atoms with E-state index in [0.717, 1.165) is 38.7 Å². The van der Waals surface area contributed by atoms with Crippen molar-refractivity contribution in [2.75, 3.05) is 13.7 Å². The molecule has 0 saturated heterocycles. The van der Waals surface area contributed by atoms with Gasteiger partial charge in [0.2, 0.25) is 11.8 Å². The summed E-state index contributed by atoms with van der Waals surface area (Å²) in [6.07, 6.45) is 4.36. The minimum Gasteiger partial charge on any atom is -0.497 e. The number of rotatable bonds is 12. The van der Waals surface area contributed by atoms with Crippen LogP contribution in [0.3, 0.4) is 0 Å². The number of hydrogen-bond acceptors (Lipinski definition) is 5. The highest BCUT2D eigenvalue weighted by atomic mass is 16.6. The van der Waals surface area contributed by atoms with Gasteiger partial charge in [0.25, 0.3) is 0 Å². The van der Waals surface area contributed by atoms with Crippen molar-refractivity contribution < 1.29 is 23.9 Å². The van der Waals surface area contributed by atoms with Crippen molar-refractivity contribution in [3.63, 3.8) is 0 Å². The first kappa shape index (κ1) is 31.5. The fourth-order valence-electron chi connectivity index (χ4n) is 5.09. The molecule has 3 amide bonds. The molecule has 0 radical (unpaired) electrons. The molecule has 0 aliphatic heterocycles. The summed E-state index contributed by atoms with van der Waals surface area (Å²) in [5, 5.41) is 10.6. The summed E-state index contributed by atoms with van der Waals surface area (Å²) in [7, 11) is 1.63. The third kappa shape index (κ3) is 8.53. The zero-order chi connectivity index (χ0) is 31.1. The molecule has 2 atom stereocenters. The molecule has 10 nitrogen and oxygen atoms in total. The lowest BCUT2D eigenvalue weighted by atomic mass is 10.0. The van der Waals surface area contributed by atoms with E-state index >= 15 is 0 Å². The minimum atomic E-state index is -0.870. The number of hydrogen-bond donors (Lipinski definition) is 5. The van der Waals surface area contributed by atoms with Crippen molar-refractivity contribution in [1.82, 2.24) is 25.9 Å². The third-order valence-corrected chi connectivity index (χ3v) is 7.11. The second-order valence-electron chi connectivity index (χ2n) is 12.2. The monoisotopic (exact) mass is 589 g/mol. The van der Waals surface area contributed by atoms with Crippen LogP contribution in [0, 0.1) is 5.92 Å². The molecule has 4 aromatic rings. The maximum Gasteiger partial charge on any atom is 0.408 e. The van der Waals surface area contributed by atoms with E-state index in [-0.39, 0.29) is 18.2 Å². The third-order valence-electron chi connectivity index (χ3n) is 7.11. The van der Waals surface area contributed by atoms with Crippen molar-refractivity contribution >= 4 is 39.7 Å². The van der Waals surface area contributed by atoms with Gasteiger partial charge >= 0.3 is 6.09 Å². The molecule has 230 valence electrons. The summed E-state index contributed by atoms with van der Waals surface area (Å²) < 4.78 is 10.8. The van der Waals surface area contributed by atoms with E-state index in [1.165, 1.54) is 0 Å². The Bertz CT molecular complexity index is 1560. The maximum atomic E-state index is 13.6. The zero-order valence-electron chi connectivity index (χ0n) is 25.8. The van der Waals surface area contributed by atoms with Crippen LogP contribution in [0.5, 0.6) is 5.75 Å². The lowest BCUT2D eigenvalue weighted by Gasteiger charge is -2.26. The van der Waals surface area contributed by atoms with E-state index in [1.807, 2.05) is 68.7 Å². The predicted molar refractivity (Wildman–Crippen MR) is 168 cm³/mol. The van der Waals surface area contributed by atoms with Gasteiger partial charge in [0.15, 0.2) is 0 Å². The van der Waals surface area contributed by atoms with E-state index in [4.69, 9.17) is 9.47 Å². The molecule has 2 aromatic heterocycles. The molecule has 0 aliphatic carbocycles.